The van der Waals surface area contributed by atoms with Crippen LogP contribution in [0.1, 0.15) is 76.2 Å². The number of alkyl halides is 3. The number of anilines is 2. The first-order chi connectivity index (χ1) is 19.9. The summed E-state index contributed by atoms with van der Waals surface area (Å²) in [5.74, 6) is -0.131. The van der Waals surface area contributed by atoms with E-state index in [-0.39, 0.29) is 35.2 Å². The van der Waals surface area contributed by atoms with Crippen molar-refractivity contribution in [3.63, 3.8) is 0 Å². The Bertz CT molecular complexity index is 1430. The van der Waals surface area contributed by atoms with Crippen molar-refractivity contribution >= 4 is 23.3 Å². The molecule has 43 heavy (non-hydrogen) atoms. The third kappa shape index (κ3) is 7.35. The summed E-state index contributed by atoms with van der Waals surface area (Å²) in [6.07, 6.45) is -1.07. The average molecular weight is 602 g/mol. The smallest absolute Gasteiger partial charge is 0.401 e. The van der Waals surface area contributed by atoms with E-state index in [9.17, 15) is 22.8 Å². The number of nitrogens with one attached hydrogen (secondary N) is 2. The second-order valence-corrected chi connectivity index (χ2v) is 12.8. The molecular weight excluding hydrogens is 563 g/mol. The van der Waals surface area contributed by atoms with Crippen molar-refractivity contribution in [3.05, 3.63) is 65.7 Å². The maximum Gasteiger partial charge on any atom is 0.401 e. The maximum atomic E-state index is 13.2. The topological polar surface area (TPSA) is 110 Å². The molecule has 0 atom stereocenters. The summed E-state index contributed by atoms with van der Waals surface area (Å²) in [7, 11) is 2.14. The Morgan fingerprint density at radius 1 is 1.02 bits per heavy atom. The molecule has 0 spiro atoms. The summed E-state index contributed by atoms with van der Waals surface area (Å²) in [6, 6.07) is 10.3. The van der Waals surface area contributed by atoms with E-state index in [0.717, 1.165) is 32.8 Å². The average Bonchev–Trinajstić information content (AvgIpc) is 3.37. The second kappa shape index (κ2) is 11.6. The predicted octanol–water partition coefficient (Wildman–Crippen LogP) is 7.01. The quantitative estimate of drug-likeness (QED) is 0.267. The van der Waals surface area contributed by atoms with E-state index < -0.39 is 23.4 Å². The fourth-order valence-corrected chi connectivity index (χ4v) is 5.20. The minimum Gasteiger partial charge on any atom is -0.489 e. The molecule has 0 saturated carbocycles. The van der Waals surface area contributed by atoms with Crippen LogP contribution >= 0.6 is 0 Å². The van der Waals surface area contributed by atoms with Crippen LogP contribution in [0.15, 0.2) is 53.2 Å². The number of aromatic nitrogens is 2. The zero-order valence-corrected chi connectivity index (χ0v) is 25.4. The molecule has 3 aromatic rings. The molecule has 0 radical (unpaired) electrons. The van der Waals surface area contributed by atoms with E-state index in [1.165, 1.54) is 0 Å². The molecule has 232 valence electrons. The molecule has 9 nitrogen and oxygen atoms in total. The van der Waals surface area contributed by atoms with Gasteiger partial charge in [0.15, 0.2) is 17.4 Å². The van der Waals surface area contributed by atoms with Crippen LogP contribution in [-0.2, 0) is 11.8 Å². The molecule has 0 aliphatic carbocycles. The summed E-state index contributed by atoms with van der Waals surface area (Å²) < 4.78 is 50.7. The van der Waals surface area contributed by atoms with Gasteiger partial charge in [-0.05, 0) is 78.4 Å². The standard InChI is InChI=1S/C31H38F3N5O4/c1-28(2)16-22(17-29(3,4)39(28)7)42-21-12-13-23(35-18-21)24(40)14-19-8-10-20(11-9-19)36-27(41)37-26-15-25(43-38-26)30(5,6)31(32,33)34/h8-13,15,18,22H,14,16-17H2,1-7H3,(H2,36,37,38,41). The fraction of sp³-hybridized carbons (Fsp3) is 0.484. The SMILES string of the molecule is CN1C(C)(C)CC(Oc2ccc(C(=O)Cc3ccc(NC(=O)Nc4cc(C(C)(C)C(F)(F)F)on4)cc3)nc2)CC1(C)C. The molecule has 1 aromatic carbocycles. The van der Waals surface area contributed by atoms with Gasteiger partial charge < -0.3 is 14.6 Å². The van der Waals surface area contributed by atoms with E-state index >= 15 is 0 Å². The van der Waals surface area contributed by atoms with Crippen molar-refractivity contribution < 1.29 is 32.0 Å². The highest BCUT2D eigenvalue weighted by Crippen LogP contribution is 2.41. The third-order valence-corrected chi connectivity index (χ3v) is 8.25. The van der Waals surface area contributed by atoms with Gasteiger partial charge in [-0.2, -0.15) is 13.2 Å². The zero-order chi connectivity index (χ0) is 31.8. The van der Waals surface area contributed by atoms with E-state index in [4.69, 9.17) is 9.26 Å². The number of hydrogen-bond donors (Lipinski definition) is 2. The minimum absolute atomic E-state index is 0.0111. The number of urea groups is 1. The van der Waals surface area contributed by atoms with Crippen LogP contribution in [0, 0.1) is 0 Å². The van der Waals surface area contributed by atoms with Crippen LogP contribution in [0.5, 0.6) is 5.75 Å². The molecule has 1 fully saturated rings. The predicted molar refractivity (Wildman–Crippen MR) is 157 cm³/mol. The number of ether oxygens (including phenoxy) is 1. The first kappa shape index (κ1) is 32.0. The summed E-state index contributed by atoms with van der Waals surface area (Å²) >= 11 is 0. The van der Waals surface area contributed by atoms with Crippen molar-refractivity contribution in [1.29, 1.82) is 0 Å². The van der Waals surface area contributed by atoms with Gasteiger partial charge in [-0.25, -0.2) is 9.78 Å². The number of piperidine rings is 1. The highest BCUT2D eigenvalue weighted by molar-refractivity contribution is 5.99. The van der Waals surface area contributed by atoms with Gasteiger partial charge in [-0.3, -0.25) is 15.0 Å². The highest BCUT2D eigenvalue weighted by atomic mass is 19.4. The van der Waals surface area contributed by atoms with Crippen molar-refractivity contribution in [2.45, 2.75) is 89.6 Å². The van der Waals surface area contributed by atoms with Gasteiger partial charge in [0, 0.05) is 42.1 Å². The van der Waals surface area contributed by atoms with Gasteiger partial charge in [0.2, 0.25) is 0 Å². The van der Waals surface area contributed by atoms with Crippen molar-refractivity contribution in [1.82, 2.24) is 15.0 Å². The number of nitrogens with zero attached hydrogens (tertiary/aromatic N) is 3. The number of pyridine rings is 1. The normalized spacial score (nSPS) is 17.3. The molecule has 0 bridgehead atoms. The number of Topliss-reactive ketones (excluding diaryl/α,β-unsaturated/α-hetero) is 1. The molecule has 3 heterocycles. The van der Waals surface area contributed by atoms with Crippen LogP contribution in [0.2, 0.25) is 0 Å². The van der Waals surface area contributed by atoms with Crippen LogP contribution in [-0.4, -0.2) is 57.3 Å². The van der Waals surface area contributed by atoms with Gasteiger partial charge in [0.1, 0.15) is 23.0 Å². The number of hydrogen-bond acceptors (Lipinski definition) is 7. The highest BCUT2D eigenvalue weighted by Gasteiger charge is 2.51. The molecule has 2 amide bonds. The molecule has 1 aliphatic heterocycles. The first-order valence-electron chi connectivity index (χ1n) is 14.0. The van der Waals surface area contributed by atoms with E-state index in [1.807, 2.05) is 0 Å². The fourth-order valence-electron chi connectivity index (χ4n) is 5.20. The van der Waals surface area contributed by atoms with Gasteiger partial charge >= 0.3 is 12.2 Å². The molecule has 2 N–H and O–H groups in total. The van der Waals surface area contributed by atoms with E-state index in [2.05, 4.69) is 60.4 Å². The Morgan fingerprint density at radius 2 is 1.65 bits per heavy atom. The molecule has 2 aromatic heterocycles. The molecular formula is C31H38F3N5O4. The Labute approximate surface area is 249 Å². The number of carbonyl (C=O) groups excluding carboxylic acids is 2. The van der Waals surface area contributed by atoms with Gasteiger partial charge in [0.05, 0.1) is 6.20 Å². The van der Waals surface area contributed by atoms with Crippen LogP contribution < -0.4 is 15.4 Å². The molecule has 0 unspecified atom stereocenters. The van der Waals surface area contributed by atoms with Gasteiger partial charge in [0.25, 0.3) is 0 Å². The Morgan fingerprint density at radius 3 is 2.21 bits per heavy atom. The third-order valence-electron chi connectivity index (χ3n) is 8.25. The summed E-state index contributed by atoms with van der Waals surface area (Å²) in [4.78, 5) is 31.9. The maximum absolute atomic E-state index is 13.2. The number of rotatable bonds is 8. The molecule has 4 rings (SSSR count). The lowest BCUT2D eigenvalue weighted by atomic mass is 9.79. The zero-order valence-electron chi connectivity index (χ0n) is 25.4. The summed E-state index contributed by atoms with van der Waals surface area (Å²) in [6.45, 7) is 10.8. The van der Waals surface area contributed by atoms with Gasteiger partial charge in [-0.15, -0.1) is 0 Å². The Kier molecular flexibility index (Phi) is 8.65. The molecule has 1 saturated heterocycles. The van der Waals surface area contributed by atoms with Crippen molar-refractivity contribution in [2.24, 2.45) is 0 Å². The lowest BCUT2D eigenvalue weighted by Crippen LogP contribution is -2.60. The minimum atomic E-state index is -4.55. The number of benzene rings is 1. The lowest BCUT2D eigenvalue weighted by molar-refractivity contribution is -0.185. The van der Waals surface area contributed by atoms with Crippen LogP contribution in [0.25, 0.3) is 0 Å². The summed E-state index contributed by atoms with van der Waals surface area (Å²) in [5.41, 5.74) is -0.849. The molecule has 1 aliphatic rings. The molecule has 12 heteroatoms. The van der Waals surface area contributed by atoms with Crippen LogP contribution in [0.3, 0.4) is 0 Å². The number of amides is 2. The number of likely N-dealkylation sites (tertiary alicyclic amines) is 1. The summed E-state index contributed by atoms with van der Waals surface area (Å²) in [5, 5.41) is 8.41. The largest absolute Gasteiger partial charge is 0.489 e. The number of carbonyl (C=O) groups is 2. The monoisotopic (exact) mass is 601 g/mol. The lowest BCUT2D eigenvalue weighted by Gasteiger charge is -2.53. The first-order valence-corrected chi connectivity index (χ1v) is 14.0. The number of halogens is 3. The van der Waals surface area contributed by atoms with Crippen molar-refractivity contribution in [2.75, 3.05) is 17.7 Å². The Hall–Kier alpha value is -3.93. The van der Waals surface area contributed by atoms with E-state index in [1.54, 1.807) is 42.6 Å². The van der Waals surface area contributed by atoms with Crippen LogP contribution in [0.4, 0.5) is 29.5 Å². The van der Waals surface area contributed by atoms with Crippen molar-refractivity contribution in [3.8, 4) is 5.75 Å². The van der Waals surface area contributed by atoms with E-state index in [0.29, 0.717) is 22.7 Å². The Balaban J connectivity index is 1.29. The number of ketones is 1. The van der Waals surface area contributed by atoms with Gasteiger partial charge in [-0.1, -0.05) is 17.3 Å². The second-order valence-electron chi connectivity index (χ2n) is 12.8.